The Hall–Kier alpha value is -0.410. The minimum atomic E-state index is 0.659. The van der Waals surface area contributed by atoms with E-state index < -0.39 is 0 Å². The minimum Gasteiger partial charge on any atom is -0.314 e. The third-order valence-electron chi connectivity index (χ3n) is 6.33. The van der Waals surface area contributed by atoms with Crippen LogP contribution < -0.4 is 5.32 Å². The van der Waals surface area contributed by atoms with Crippen LogP contribution in [0.2, 0.25) is 0 Å². The maximum Gasteiger partial charge on any atom is 0.0897 e. The number of hydrogen-bond acceptors (Lipinski definition) is 3. The molecule has 1 unspecified atom stereocenters. The molecule has 1 aromatic rings. The van der Waals surface area contributed by atoms with Crippen molar-refractivity contribution in [1.82, 2.24) is 10.3 Å². The van der Waals surface area contributed by atoms with Crippen LogP contribution in [-0.4, -0.2) is 17.6 Å². The lowest BCUT2D eigenvalue weighted by Gasteiger charge is -2.56. The van der Waals surface area contributed by atoms with Gasteiger partial charge in [-0.3, -0.25) is 0 Å². The van der Waals surface area contributed by atoms with Gasteiger partial charge in [0.1, 0.15) is 0 Å². The van der Waals surface area contributed by atoms with Crippen LogP contribution in [-0.2, 0) is 6.42 Å². The van der Waals surface area contributed by atoms with Gasteiger partial charge in [-0.1, -0.05) is 6.92 Å². The van der Waals surface area contributed by atoms with Gasteiger partial charge < -0.3 is 5.32 Å². The highest BCUT2D eigenvalue weighted by atomic mass is 32.1. The molecule has 3 heteroatoms. The van der Waals surface area contributed by atoms with Crippen molar-refractivity contribution in [3.8, 4) is 0 Å². The normalized spacial score (nSPS) is 38.9. The first-order chi connectivity index (χ1) is 10.2. The molecular weight excluding hydrogens is 276 g/mol. The molecule has 0 saturated heterocycles. The first kappa shape index (κ1) is 14.2. The Kier molecular flexibility index (Phi) is 3.83. The Bertz CT molecular complexity index is 467. The molecule has 21 heavy (non-hydrogen) atoms. The zero-order valence-corrected chi connectivity index (χ0v) is 14.2. The molecule has 4 fully saturated rings. The zero-order chi connectivity index (χ0) is 14.4. The number of likely N-dealkylation sites (N-methyl/N-ethyl adjacent to an activating group) is 1. The molecule has 0 radical (unpaired) electrons. The average molecular weight is 305 g/mol. The van der Waals surface area contributed by atoms with Gasteiger partial charge in [0, 0.05) is 17.8 Å². The molecule has 1 N–H and O–H groups in total. The van der Waals surface area contributed by atoms with Gasteiger partial charge >= 0.3 is 0 Å². The fourth-order valence-corrected chi connectivity index (χ4v) is 6.58. The molecule has 4 aliphatic carbocycles. The Labute approximate surface area is 132 Å². The molecule has 0 aliphatic heterocycles. The van der Waals surface area contributed by atoms with Gasteiger partial charge in [0.2, 0.25) is 0 Å². The summed E-state index contributed by atoms with van der Waals surface area (Å²) in [6, 6.07) is 0.659. The minimum absolute atomic E-state index is 0.659. The summed E-state index contributed by atoms with van der Waals surface area (Å²) in [7, 11) is 0. The van der Waals surface area contributed by atoms with Gasteiger partial charge in [-0.25, -0.2) is 4.98 Å². The van der Waals surface area contributed by atoms with Crippen LogP contribution in [0.3, 0.4) is 0 Å². The van der Waals surface area contributed by atoms with Crippen LogP contribution in [0.4, 0.5) is 0 Å². The number of hydrogen-bond donors (Lipinski definition) is 1. The lowest BCUT2D eigenvalue weighted by atomic mass is 9.50. The van der Waals surface area contributed by atoms with Gasteiger partial charge in [0.05, 0.1) is 10.7 Å². The summed E-state index contributed by atoms with van der Waals surface area (Å²) in [6.45, 7) is 5.48. The second-order valence-corrected chi connectivity index (χ2v) is 8.80. The van der Waals surface area contributed by atoms with Gasteiger partial charge in [-0.05, 0) is 75.2 Å². The van der Waals surface area contributed by atoms with E-state index in [-0.39, 0.29) is 0 Å². The van der Waals surface area contributed by atoms with Crippen LogP contribution in [0.5, 0.6) is 0 Å². The van der Waals surface area contributed by atoms with E-state index in [0.29, 0.717) is 6.04 Å². The van der Waals surface area contributed by atoms with Crippen LogP contribution in [0.25, 0.3) is 0 Å². The maximum absolute atomic E-state index is 4.72. The largest absolute Gasteiger partial charge is 0.314 e. The van der Waals surface area contributed by atoms with Crippen LogP contribution in [0.1, 0.15) is 49.7 Å². The lowest BCUT2D eigenvalue weighted by molar-refractivity contribution is -0.0516. The van der Waals surface area contributed by atoms with Gasteiger partial charge in [0.25, 0.3) is 0 Å². The van der Waals surface area contributed by atoms with Gasteiger partial charge in [-0.15, -0.1) is 11.3 Å². The lowest BCUT2D eigenvalue weighted by Crippen LogP contribution is -2.53. The van der Waals surface area contributed by atoms with E-state index in [1.807, 2.05) is 0 Å². The molecule has 4 bridgehead atoms. The van der Waals surface area contributed by atoms with Crippen molar-refractivity contribution < 1.29 is 0 Å². The van der Waals surface area contributed by atoms with Crippen molar-refractivity contribution in [2.24, 2.45) is 29.6 Å². The van der Waals surface area contributed by atoms with Crippen molar-refractivity contribution in [2.45, 2.75) is 58.4 Å². The fraction of sp³-hybridized carbons (Fsp3) is 0.833. The average Bonchev–Trinajstić information content (AvgIpc) is 2.83. The third-order valence-corrected chi connectivity index (χ3v) is 7.15. The number of rotatable bonds is 5. The molecule has 1 heterocycles. The molecule has 0 spiro atoms. The van der Waals surface area contributed by atoms with Gasteiger partial charge in [-0.2, -0.15) is 0 Å². The zero-order valence-electron chi connectivity index (χ0n) is 13.3. The number of aryl methyl sites for hydroxylation is 1. The molecule has 0 aromatic carbocycles. The van der Waals surface area contributed by atoms with E-state index in [2.05, 4.69) is 24.5 Å². The molecular formula is C18H28N2S. The number of nitrogens with zero attached hydrogens (tertiary/aromatic N) is 1. The molecule has 4 aliphatic rings. The van der Waals surface area contributed by atoms with Crippen LogP contribution >= 0.6 is 11.3 Å². The van der Waals surface area contributed by atoms with Crippen molar-refractivity contribution in [3.63, 3.8) is 0 Å². The maximum atomic E-state index is 4.72. The highest BCUT2D eigenvalue weighted by Gasteiger charge is 2.50. The second kappa shape index (κ2) is 5.66. The summed E-state index contributed by atoms with van der Waals surface area (Å²) in [5, 5.41) is 7.32. The predicted molar refractivity (Wildman–Crippen MR) is 88.6 cm³/mol. The highest BCUT2D eigenvalue weighted by Crippen LogP contribution is 2.57. The first-order valence-corrected chi connectivity index (χ1v) is 9.75. The monoisotopic (exact) mass is 304 g/mol. The van der Waals surface area contributed by atoms with Crippen molar-refractivity contribution >= 4 is 11.3 Å². The van der Waals surface area contributed by atoms with Crippen molar-refractivity contribution in [2.75, 3.05) is 6.54 Å². The van der Waals surface area contributed by atoms with Crippen LogP contribution in [0.15, 0.2) is 5.38 Å². The summed E-state index contributed by atoms with van der Waals surface area (Å²) in [4.78, 5) is 4.72. The highest BCUT2D eigenvalue weighted by molar-refractivity contribution is 7.09. The summed E-state index contributed by atoms with van der Waals surface area (Å²) >= 11 is 1.80. The van der Waals surface area contributed by atoms with E-state index in [0.717, 1.165) is 42.6 Å². The second-order valence-electron chi connectivity index (χ2n) is 7.73. The SMILES string of the molecule is CCNC(Cc1csc(C)n1)C1C2CC3CC(C2)CC1C3. The van der Waals surface area contributed by atoms with Crippen LogP contribution in [0, 0.1) is 36.5 Å². The van der Waals surface area contributed by atoms with E-state index in [1.165, 1.54) is 36.4 Å². The summed E-state index contributed by atoms with van der Waals surface area (Å²) < 4.78 is 0. The summed E-state index contributed by atoms with van der Waals surface area (Å²) in [5.41, 5.74) is 1.32. The summed E-state index contributed by atoms with van der Waals surface area (Å²) in [5.74, 6) is 5.08. The summed E-state index contributed by atoms with van der Waals surface area (Å²) in [6.07, 6.45) is 8.79. The Morgan fingerprint density at radius 1 is 1.19 bits per heavy atom. The van der Waals surface area contributed by atoms with Gasteiger partial charge in [0.15, 0.2) is 0 Å². The molecule has 1 atom stereocenters. The number of nitrogens with one attached hydrogen (secondary N) is 1. The Morgan fingerprint density at radius 2 is 1.86 bits per heavy atom. The molecule has 116 valence electrons. The standard InChI is InChI=1S/C18H28N2S/c1-3-19-17(9-16-10-21-11(2)20-16)18-14-5-12-4-13(7-14)8-15(18)6-12/h10,12-15,17-19H,3-9H2,1-2H3. The first-order valence-electron chi connectivity index (χ1n) is 8.87. The topological polar surface area (TPSA) is 24.9 Å². The molecule has 0 amide bonds. The van der Waals surface area contributed by atoms with E-state index in [9.17, 15) is 0 Å². The van der Waals surface area contributed by atoms with E-state index in [1.54, 1.807) is 17.8 Å². The van der Waals surface area contributed by atoms with Crippen molar-refractivity contribution in [1.29, 1.82) is 0 Å². The molecule has 1 aromatic heterocycles. The number of aromatic nitrogens is 1. The fourth-order valence-electron chi connectivity index (χ4n) is 5.96. The van der Waals surface area contributed by atoms with E-state index >= 15 is 0 Å². The quantitative estimate of drug-likeness (QED) is 0.888. The smallest absolute Gasteiger partial charge is 0.0897 e. The van der Waals surface area contributed by atoms with E-state index in [4.69, 9.17) is 4.98 Å². The Morgan fingerprint density at radius 3 is 2.38 bits per heavy atom. The third kappa shape index (κ3) is 2.68. The molecule has 4 saturated carbocycles. The Balaban J connectivity index is 1.53. The molecule has 5 rings (SSSR count). The number of thiazole rings is 1. The molecule has 2 nitrogen and oxygen atoms in total. The predicted octanol–water partition coefficient (Wildman–Crippen LogP) is 4.04. The van der Waals surface area contributed by atoms with Crippen molar-refractivity contribution in [3.05, 3.63) is 16.1 Å².